The van der Waals surface area contributed by atoms with E-state index in [1.54, 1.807) is 6.92 Å². The van der Waals surface area contributed by atoms with E-state index < -0.39 is 12.6 Å². The van der Waals surface area contributed by atoms with E-state index in [9.17, 15) is 9.18 Å². The molecule has 12 heavy (non-hydrogen) atoms. The number of alkyl halides is 1. The minimum Gasteiger partial charge on any atom is -0.477 e. The summed E-state index contributed by atoms with van der Waals surface area (Å²) in [7, 11) is 0. The highest BCUT2D eigenvalue weighted by atomic mass is 19.1. The van der Waals surface area contributed by atoms with Crippen LogP contribution >= 0.6 is 0 Å². The molecule has 0 aliphatic heterocycles. The summed E-state index contributed by atoms with van der Waals surface area (Å²) in [6.45, 7) is 1.02. The van der Waals surface area contributed by atoms with Crippen LogP contribution in [-0.4, -0.2) is 27.5 Å². The summed E-state index contributed by atoms with van der Waals surface area (Å²) in [6.07, 6.45) is 1.42. The summed E-state index contributed by atoms with van der Waals surface area (Å²) in [5.74, 6) is -1.07. The first kappa shape index (κ1) is 8.70. The van der Waals surface area contributed by atoms with Crippen LogP contribution in [0.25, 0.3) is 0 Å². The van der Waals surface area contributed by atoms with Gasteiger partial charge in [0, 0.05) is 5.56 Å². The molecule has 0 unspecified atom stereocenters. The lowest BCUT2D eigenvalue weighted by molar-refractivity contribution is 0.0682. The summed E-state index contributed by atoms with van der Waals surface area (Å²) in [5.41, 5.74) is 0.614. The van der Waals surface area contributed by atoms with Gasteiger partial charge in [0.1, 0.15) is 12.4 Å². The SMILES string of the molecule is Cc1cnn(CCF)c1C(=O)O. The molecular weight excluding hydrogens is 163 g/mol. The zero-order valence-electron chi connectivity index (χ0n) is 6.62. The van der Waals surface area contributed by atoms with E-state index in [0.29, 0.717) is 5.56 Å². The van der Waals surface area contributed by atoms with Crippen molar-refractivity contribution in [3.8, 4) is 0 Å². The van der Waals surface area contributed by atoms with Crippen molar-refractivity contribution in [1.82, 2.24) is 9.78 Å². The lowest BCUT2D eigenvalue weighted by Gasteiger charge is -2.00. The zero-order chi connectivity index (χ0) is 9.14. The highest BCUT2D eigenvalue weighted by Gasteiger charge is 2.13. The molecule has 0 saturated carbocycles. The van der Waals surface area contributed by atoms with Gasteiger partial charge in [0.15, 0.2) is 0 Å². The highest BCUT2D eigenvalue weighted by molar-refractivity contribution is 5.87. The monoisotopic (exact) mass is 172 g/mol. The Morgan fingerprint density at radius 3 is 3.00 bits per heavy atom. The van der Waals surface area contributed by atoms with Gasteiger partial charge in [0.05, 0.1) is 12.7 Å². The Labute approximate surface area is 68.6 Å². The van der Waals surface area contributed by atoms with Crippen molar-refractivity contribution in [1.29, 1.82) is 0 Å². The summed E-state index contributed by atoms with van der Waals surface area (Å²) >= 11 is 0. The fourth-order valence-corrected chi connectivity index (χ4v) is 1.01. The van der Waals surface area contributed by atoms with Gasteiger partial charge in [0.25, 0.3) is 0 Å². The number of halogens is 1. The molecule has 1 rings (SSSR count). The number of carbonyl (C=O) groups is 1. The largest absolute Gasteiger partial charge is 0.477 e. The number of carboxylic acids is 1. The van der Waals surface area contributed by atoms with E-state index >= 15 is 0 Å². The molecule has 0 fully saturated rings. The second-order valence-corrected chi connectivity index (χ2v) is 2.39. The van der Waals surface area contributed by atoms with Crippen LogP contribution in [0.3, 0.4) is 0 Å². The van der Waals surface area contributed by atoms with Crippen molar-refractivity contribution < 1.29 is 14.3 Å². The number of aryl methyl sites for hydroxylation is 2. The molecule has 0 atom stereocenters. The third-order valence-corrected chi connectivity index (χ3v) is 1.52. The van der Waals surface area contributed by atoms with E-state index in [-0.39, 0.29) is 12.2 Å². The molecule has 4 nitrogen and oxygen atoms in total. The number of hydrogen-bond acceptors (Lipinski definition) is 2. The first-order valence-electron chi connectivity index (χ1n) is 3.48. The number of aromatic nitrogens is 2. The van der Waals surface area contributed by atoms with Crippen molar-refractivity contribution in [3.63, 3.8) is 0 Å². The Morgan fingerprint density at radius 1 is 1.83 bits per heavy atom. The van der Waals surface area contributed by atoms with Crippen LogP contribution in [-0.2, 0) is 6.54 Å². The Morgan fingerprint density at radius 2 is 2.50 bits per heavy atom. The zero-order valence-corrected chi connectivity index (χ0v) is 6.62. The third-order valence-electron chi connectivity index (χ3n) is 1.52. The van der Waals surface area contributed by atoms with E-state index in [0.717, 1.165) is 4.68 Å². The normalized spacial score (nSPS) is 10.2. The minimum absolute atomic E-state index is 0.00449. The van der Waals surface area contributed by atoms with Crippen molar-refractivity contribution in [3.05, 3.63) is 17.5 Å². The second kappa shape index (κ2) is 3.34. The molecule has 0 saturated heterocycles. The standard InChI is InChI=1S/C7H9FN2O2/c1-5-4-9-10(3-2-8)6(5)7(11)12/h4H,2-3H2,1H3,(H,11,12). The van der Waals surface area contributed by atoms with Gasteiger partial charge in [-0.1, -0.05) is 0 Å². The molecule has 0 radical (unpaired) electrons. The fraction of sp³-hybridized carbons (Fsp3) is 0.429. The van der Waals surface area contributed by atoms with Gasteiger partial charge in [0.2, 0.25) is 0 Å². The van der Waals surface area contributed by atoms with Crippen molar-refractivity contribution in [2.45, 2.75) is 13.5 Å². The summed E-state index contributed by atoms with van der Waals surface area (Å²) < 4.78 is 13.0. The van der Waals surface area contributed by atoms with Crippen LogP contribution in [0.15, 0.2) is 6.20 Å². The average Bonchev–Trinajstić information content (AvgIpc) is 2.32. The van der Waals surface area contributed by atoms with Crippen LogP contribution in [0.4, 0.5) is 4.39 Å². The van der Waals surface area contributed by atoms with E-state index in [1.165, 1.54) is 6.20 Å². The summed E-state index contributed by atoms with van der Waals surface area (Å²) in [6, 6.07) is 0. The Kier molecular flexibility index (Phi) is 2.42. The van der Waals surface area contributed by atoms with Gasteiger partial charge < -0.3 is 5.11 Å². The van der Waals surface area contributed by atoms with Crippen molar-refractivity contribution in [2.75, 3.05) is 6.67 Å². The lowest BCUT2D eigenvalue weighted by Crippen LogP contribution is -2.11. The van der Waals surface area contributed by atoms with Crippen LogP contribution in [0.5, 0.6) is 0 Å². The van der Waals surface area contributed by atoms with E-state index in [2.05, 4.69) is 5.10 Å². The van der Waals surface area contributed by atoms with Crippen LogP contribution in [0.1, 0.15) is 16.1 Å². The molecule has 1 N–H and O–H groups in total. The molecule has 1 aromatic heterocycles. The summed E-state index contributed by atoms with van der Waals surface area (Å²) in [5, 5.41) is 12.4. The maximum absolute atomic E-state index is 11.9. The number of carboxylic acid groups (broad SMARTS) is 1. The number of aromatic carboxylic acids is 1. The van der Waals surface area contributed by atoms with Gasteiger partial charge in [-0.2, -0.15) is 5.10 Å². The van der Waals surface area contributed by atoms with Crippen molar-refractivity contribution >= 4 is 5.97 Å². The molecular formula is C7H9FN2O2. The van der Waals surface area contributed by atoms with E-state index in [4.69, 9.17) is 5.11 Å². The van der Waals surface area contributed by atoms with Gasteiger partial charge >= 0.3 is 5.97 Å². The first-order valence-corrected chi connectivity index (χ1v) is 3.48. The molecule has 0 aliphatic carbocycles. The van der Waals surface area contributed by atoms with Gasteiger partial charge in [-0.15, -0.1) is 0 Å². The van der Waals surface area contributed by atoms with Crippen molar-refractivity contribution in [2.24, 2.45) is 0 Å². The topological polar surface area (TPSA) is 55.1 Å². The molecule has 1 aromatic rings. The number of rotatable bonds is 3. The highest BCUT2D eigenvalue weighted by Crippen LogP contribution is 2.06. The molecule has 0 aromatic carbocycles. The molecule has 0 aliphatic rings. The number of hydrogen-bond donors (Lipinski definition) is 1. The van der Waals surface area contributed by atoms with E-state index in [1.807, 2.05) is 0 Å². The molecule has 0 bridgehead atoms. The average molecular weight is 172 g/mol. The first-order chi connectivity index (χ1) is 5.66. The molecule has 0 spiro atoms. The minimum atomic E-state index is -1.07. The molecule has 1 heterocycles. The molecule has 66 valence electrons. The third kappa shape index (κ3) is 1.44. The lowest BCUT2D eigenvalue weighted by atomic mass is 10.3. The second-order valence-electron chi connectivity index (χ2n) is 2.39. The number of nitrogens with zero attached hydrogens (tertiary/aromatic N) is 2. The Balaban J connectivity index is 3.04. The predicted molar refractivity (Wildman–Crippen MR) is 39.9 cm³/mol. The maximum atomic E-state index is 11.9. The fourth-order valence-electron chi connectivity index (χ4n) is 1.01. The van der Waals surface area contributed by atoms with Crippen LogP contribution in [0, 0.1) is 6.92 Å². The Hall–Kier alpha value is -1.39. The molecule has 5 heteroatoms. The predicted octanol–water partition coefficient (Wildman–Crippen LogP) is 0.859. The van der Waals surface area contributed by atoms with Crippen LogP contribution < -0.4 is 0 Å². The quantitative estimate of drug-likeness (QED) is 0.735. The van der Waals surface area contributed by atoms with Crippen LogP contribution in [0.2, 0.25) is 0 Å². The summed E-state index contributed by atoms with van der Waals surface area (Å²) in [4.78, 5) is 10.6. The Bertz CT molecular complexity index is 296. The van der Waals surface area contributed by atoms with Gasteiger partial charge in [-0.25, -0.2) is 9.18 Å². The van der Waals surface area contributed by atoms with Gasteiger partial charge in [-0.3, -0.25) is 4.68 Å². The maximum Gasteiger partial charge on any atom is 0.354 e. The smallest absolute Gasteiger partial charge is 0.354 e. The van der Waals surface area contributed by atoms with Gasteiger partial charge in [-0.05, 0) is 6.92 Å². The molecule has 0 amide bonds.